The molecule has 0 aromatic rings. The first-order valence-electron chi connectivity index (χ1n) is 6.29. The van der Waals surface area contributed by atoms with Crippen molar-refractivity contribution in [3.8, 4) is 0 Å². The Labute approximate surface area is 111 Å². The number of hydrogen-bond donors (Lipinski definition) is 1. The number of carbonyl (C=O) groups is 2. The fourth-order valence-electron chi connectivity index (χ4n) is 2.20. The van der Waals surface area contributed by atoms with Gasteiger partial charge in [-0.1, -0.05) is 13.8 Å². The summed E-state index contributed by atoms with van der Waals surface area (Å²) in [6.07, 6.45) is 2.77. The maximum atomic E-state index is 12.4. The highest BCUT2D eigenvalue weighted by molar-refractivity contribution is 7.84. The van der Waals surface area contributed by atoms with Crippen molar-refractivity contribution in [2.24, 2.45) is 0 Å². The lowest BCUT2D eigenvalue weighted by atomic mass is 9.89. The topological polar surface area (TPSA) is 66.5 Å². The van der Waals surface area contributed by atoms with Crippen LogP contribution >= 0.6 is 0 Å². The van der Waals surface area contributed by atoms with Crippen LogP contribution in [-0.2, 0) is 20.4 Å². The summed E-state index contributed by atoms with van der Waals surface area (Å²) < 4.78 is 11.4. The van der Waals surface area contributed by atoms with Crippen molar-refractivity contribution in [3.63, 3.8) is 0 Å². The summed E-state index contributed by atoms with van der Waals surface area (Å²) in [6, 6.07) is 0. The van der Waals surface area contributed by atoms with Crippen molar-refractivity contribution in [1.29, 1.82) is 0 Å². The van der Waals surface area contributed by atoms with Crippen LogP contribution in [-0.4, -0.2) is 51.1 Å². The minimum Gasteiger partial charge on any atom is -0.340 e. The summed E-state index contributed by atoms with van der Waals surface area (Å²) in [5, 5.41) is 2.69. The van der Waals surface area contributed by atoms with Gasteiger partial charge in [0.1, 0.15) is 5.54 Å². The number of nitrogens with zero attached hydrogens (tertiary/aromatic N) is 1. The molecule has 1 heterocycles. The van der Waals surface area contributed by atoms with Crippen molar-refractivity contribution in [3.05, 3.63) is 0 Å². The van der Waals surface area contributed by atoms with Crippen LogP contribution in [0.1, 0.15) is 33.6 Å². The molecule has 18 heavy (non-hydrogen) atoms. The van der Waals surface area contributed by atoms with Gasteiger partial charge in [-0.05, 0) is 19.8 Å². The molecule has 1 rings (SSSR count). The predicted octanol–water partition coefficient (Wildman–Crippen LogP) is 0.271. The van der Waals surface area contributed by atoms with Gasteiger partial charge in [0.15, 0.2) is 0 Å². The van der Waals surface area contributed by atoms with Gasteiger partial charge in [0.2, 0.25) is 11.8 Å². The van der Waals surface area contributed by atoms with Crippen LogP contribution in [0.3, 0.4) is 0 Å². The fourth-order valence-corrected chi connectivity index (χ4v) is 2.59. The predicted molar refractivity (Wildman–Crippen MR) is 71.6 cm³/mol. The van der Waals surface area contributed by atoms with Crippen LogP contribution in [0.2, 0.25) is 0 Å². The molecule has 1 aliphatic rings. The molecule has 104 valence electrons. The summed E-state index contributed by atoms with van der Waals surface area (Å²) in [5.74, 6) is -0.184. The molecule has 5 nitrogen and oxygen atoms in total. The van der Waals surface area contributed by atoms with Gasteiger partial charge >= 0.3 is 0 Å². The van der Waals surface area contributed by atoms with Crippen molar-refractivity contribution < 1.29 is 13.8 Å². The molecule has 0 aromatic carbocycles. The largest absolute Gasteiger partial charge is 0.340 e. The summed E-state index contributed by atoms with van der Waals surface area (Å²) in [4.78, 5) is 25.7. The van der Waals surface area contributed by atoms with E-state index in [-0.39, 0.29) is 23.6 Å². The number of nitrogens with one attached hydrogen (secondary N) is 1. The quantitative estimate of drug-likeness (QED) is 0.782. The molecule has 2 amide bonds. The van der Waals surface area contributed by atoms with Crippen LogP contribution < -0.4 is 5.32 Å². The summed E-state index contributed by atoms with van der Waals surface area (Å²) in [6.45, 7) is 6.06. The molecular formula is C12H22N2O3S. The Kier molecular flexibility index (Phi) is 4.90. The number of piperazine rings is 1. The van der Waals surface area contributed by atoms with Gasteiger partial charge in [0.05, 0.1) is 6.54 Å². The third kappa shape index (κ3) is 2.91. The lowest BCUT2D eigenvalue weighted by Crippen LogP contribution is -2.66. The minimum atomic E-state index is -0.992. The molecule has 0 aliphatic carbocycles. The van der Waals surface area contributed by atoms with E-state index >= 15 is 0 Å². The van der Waals surface area contributed by atoms with Gasteiger partial charge < -0.3 is 10.2 Å². The average molecular weight is 274 g/mol. The normalized spacial score (nSPS) is 22.6. The first kappa shape index (κ1) is 15.1. The van der Waals surface area contributed by atoms with E-state index in [1.54, 1.807) is 6.26 Å². The van der Waals surface area contributed by atoms with Crippen LogP contribution in [0, 0.1) is 0 Å². The Bertz CT molecular complexity index is 366. The van der Waals surface area contributed by atoms with E-state index < -0.39 is 16.3 Å². The third-order valence-corrected chi connectivity index (χ3v) is 4.94. The second kappa shape index (κ2) is 5.82. The maximum Gasteiger partial charge on any atom is 0.248 e. The molecule has 2 unspecified atom stereocenters. The lowest BCUT2D eigenvalue weighted by Gasteiger charge is -2.41. The number of amides is 2. The van der Waals surface area contributed by atoms with Gasteiger partial charge in [0.25, 0.3) is 0 Å². The fraction of sp³-hybridized carbons (Fsp3) is 0.833. The molecule has 1 aliphatic heterocycles. The van der Waals surface area contributed by atoms with E-state index in [2.05, 4.69) is 5.32 Å². The van der Waals surface area contributed by atoms with Crippen LogP contribution in [0.5, 0.6) is 0 Å². The van der Waals surface area contributed by atoms with Gasteiger partial charge in [-0.15, -0.1) is 0 Å². The summed E-state index contributed by atoms with van der Waals surface area (Å²) >= 11 is 0. The smallest absolute Gasteiger partial charge is 0.248 e. The standard InChI is InChI=1S/C12H22N2O3S/c1-5-12(6-2)11(16)14(8-10(15)13-12)7-9(3)18(4)17/h9H,5-8H2,1-4H3,(H,13,15). The second-order valence-electron chi connectivity index (χ2n) is 4.83. The van der Waals surface area contributed by atoms with E-state index in [4.69, 9.17) is 0 Å². The lowest BCUT2D eigenvalue weighted by molar-refractivity contribution is -0.150. The SMILES string of the molecule is CCC1(CC)NC(=O)CN(CC(C)S(C)=O)C1=O. The first-order chi connectivity index (χ1) is 8.36. The zero-order valence-corrected chi connectivity index (χ0v) is 12.3. The molecule has 1 saturated heterocycles. The molecule has 1 fully saturated rings. The molecule has 0 saturated carbocycles. The second-order valence-corrected chi connectivity index (χ2v) is 6.63. The molecule has 2 atom stereocenters. The van der Waals surface area contributed by atoms with E-state index in [1.807, 2.05) is 20.8 Å². The Morgan fingerprint density at radius 1 is 1.39 bits per heavy atom. The van der Waals surface area contributed by atoms with Crippen LogP contribution in [0.4, 0.5) is 0 Å². The molecule has 0 spiro atoms. The average Bonchev–Trinajstić information content (AvgIpc) is 2.33. The van der Waals surface area contributed by atoms with Crippen molar-refractivity contribution in [2.45, 2.75) is 44.4 Å². The van der Waals surface area contributed by atoms with Crippen LogP contribution in [0.15, 0.2) is 0 Å². The zero-order valence-electron chi connectivity index (χ0n) is 11.5. The zero-order chi connectivity index (χ0) is 13.9. The summed E-state index contributed by atoms with van der Waals surface area (Å²) in [5.41, 5.74) is -0.774. The number of carbonyl (C=O) groups excluding carboxylic acids is 2. The Balaban J connectivity index is 2.89. The molecular weight excluding hydrogens is 252 g/mol. The van der Waals surface area contributed by atoms with E-state index in [9.17, 15) is 13.8 Å². The molecule has 6 heteroatoms. The Hall–Kier alpha value is -0.910. The highest BCUT2D eigenvalue weighted by atomic mass is 32.2. The first-order valence-corrected chi connectivity index (χ1v) is 7.91. The summed E-state index contributed by atoms with van der Waals surface area (Å²) in [7, 11) is -0.992. The Morgan fingerprint density at radius 3 is 2.39 bits per heavy atom. The highest BCUT2D eigenvalue weighted by Crippen LogP contribution is 2.22. The van der Waals surface area contributed by atoms with Gasteiger partial charge in [-0.2, -0.15) is 0 Å². The van der Waals surface area contributed by atoms with Gasteiger partial charge in [0, 0.05) is 28.9 Å². The third-order valence-electron chi connectivity index (χ3n) is 3.66. The van der Waals surface area contributed by atoms with Gasteiger partial charge in [-0.3, -0.25) is 13.8 Å². The monoisotopic (exact) mass is 274 g/mol. The van der Waals surface area contributed by atoms with E-state index in [0.29, 0.717) is 19.4 Å². The minimum absolute atomic E-state index is 0.0515. The maximum absolute atomic E-state index is 12.4. The van der Waals surface area contributed by atoms with Crippen LogP contribution in [0.25, 0.3) is 0 Å². The van der Waals surface area contributed by atoms with Crippen molar-refractivity contribution >= 4 is 22.6 Å². The van der Waals surface area contributed by atoms with Crippen molar-refractivity contribution in [2.75, 3.05) is 19.3 Å². The van der Waals surface area contributed by atoms with E-state index in [0.717, 1.165) is 0 Å². The highest BCUT2D eigenvalue weighted by Gasteiger charge is 2.44. The molecule has 1 N–H and O–H groups in total. The molecule has 0 aromatic heterocycles. The Morgan fingerprint density at radius 2 is 1.94 bits per heavy atom. The van der Waals surface area contributed by atoms with Crippen molar-refractivity contribution in [1.82, 2.24) is 10.2 Å². The molecule has 0 bridgehead atoms. The van der Waals surface area contributed by atoms with E-state index in [1.165, 1.54) is 4.90 Å². The number of rotatable bonds is 5. The molecule has 0 radical (unpaired) electrons. The number of hydrogen-bond acceptors (Lipinski definition) is 3. The van der Waals surface area contributed by atoms with Gasteiger partial charge in [-0.25, -0.2) is 0 Å².